The summed E-state index contributed by atoms with van der Waals surface area (Å²) in [5.41, 5.74) is 9.11. The number of imide groups is 1. The lowest BCUT2D eigenvalue weighted by Gasteiger charge is -2.25. The molecule has 1 aromatic carbocycles. The standard InChI is InChI=1S/C20H21N3O3S/c1-4-20(2,3)13-8-12(9-14(21)17(13)24)15-6-5-11(10-22-15)7-16-18(25)23-19(26)27-16/h5-10,24H,4,21H2,1-3H3,(H,23,25,26). The number of aromatic nitrogens is 1. The second kappa shape index (κ2) is 7.08. The van der Waals surface area contributed by atoms with Crippen molar-refractivity contribution in [3.05, 3.63) is 46.5 Å². The van der Waals surface area contributed by atoms with Crippen LogP contribution in [0.1, 0.15) is 38.3 Å². The summed E-state index contributed by atoms with van der Waals surface area (Å²) < 4.78 is 0. The molecule has 0 saturated carbocycles. The van der Waals surface area contributed by atoms with Crippen LogP contribution in [0.4, 0.5) is 10.5 Å². The second-order valence-corrected chi connectivity index (χ2v) is 8.04. The lowest BCUT2D eigenvalue weighted by atomic mass is 9.80. The Balaban J connectivity index is 1.95. The van der Waals surface area contributed by atoms with Gasteiger partial charge in [-0.15, -0.1) is 0 Å². The molecule has 0 unspecified atom stereocenters. The summed E-state index contributed by atoms with van der Waals surface area (Å²) >= 11 is 0.869. The van der Waals surface area contributed by atoms with Gasteiger partial charge in [-0.2, -0.15) is 0 Å². The van der Waals surface area contributed by atoms with E-state index < -0.39 is 5.91 Å². The van der Waals surface area contributed by atoms with Crippen LogP contribution in [-0.4, -0.2) is 21.2 Å². The molecular weight excluding hydrogens is 362 g/mol. The second-order valence-electron chi connectivity index (χ2n) is 7.03. The number of nitrogens with zero attached hydrogens (tertiary/aromatic N) is 1. The number of thioether (sulfide) groups is 1. The first-order chi connectivity index (χ1) is 12.7. The average molecular weight is 383 g/mol. The molecule has 2 heterocycles. The summed E-state index contributed by atoms with van der Waals surface area (Å²) in [5, 5.41) is 12.2. The van der Waals surface area contributed by atoms with E-state index in [0.29, 0.717) is 21.8 Å². The molecule has 0 atom stereocenters. The number of hydrogen-bond donors (Lipinski definition) is 3. The van der Waals surface area contributed by atoms with Crippen molar-refractivity contribution in [2.24, 2.45) is 0 Å². The number of nitrogens with one attached hydrogen (secondary N) is 1. The Morgan fingerprint density at radius 2 is 2.04 bits per heavy atom. The van der Waals surface area contributed by atoms with E-state index in [4.69, 9.17) is 5.73 Å². The van der Waals surface area contributed by atoms with Crippen molar-refractivity contribution in [2.75, 3.05) is 5.73 Å². The topological polar surface area (TPSA) is 105 Å². The van der Waals surface area contributed by atoms with Crippen LogP contribution in [0, 0.1) is 0 Å². The fraction of sp³-hybridized carbons (Fsp3) is 0.250. The molecule has 2 aromatic rings. The minimum atomic E-state index is -0.396. The number of pyridine rings is 1. The highest BCUT2D eigenvalue weighted by atomic mass is 32.2. The number of aromatic hydroxyl groups is 1. The quantitative estimate of drug-likeness (QED) is 0.418. The maximum absolute atomic E-state index is 11.6. The summed E-state index contributed by atoms with van der Waals surface area (Å²) in [6.07, 6.45) is 4.10. The number of carbonyl (C=O) groups excluding carboxylic acids is 2. The third kappa shape index (κ3) is 3.83. The van der Waals surface area contributed by atoms with Crippen LogP contribution in [-0.2, 0) is 10.2 Å². The maximum Gasteiger partial charge on any atom is 0.290 e. The van der Waals surface area contributed by atoms with Crippen molar-refractivity contribution in [3.8, 4) is 17.0 Å². The van der Waals surface area contributed by atoms with E-state index in [1.165, 1.54) is 0 Å². The number of carbonyl (C=O) groups is 2. The molecule has 7 heteroatoms. The molecule has 27 heavy (non-hydrogen) atoms. The largest absolute Gasteiger partial charge is 0.505 e. The van der Waals surface area contributed by atoms with Gasteiger partial charge in [0.2, 0.25) is 0 Å². The SMILES string of the molecule is CCC(C)(C)c1cc(-c2ccc(C=C3SC(=O)NC3=O)cn2)cc(N)c1O. The zero-order valence-corrected chi connectivity index (χ0v) is 16.2. The molecule has 0 spiro atoms. The molecular formula is C20H21N3O3S. The van der Waals surface area contributed by atoms with E-state index >= 15 is 0 Å². The van der Waals surface area contributed by atoms with Crippen LogP contribution in [0.15, 0.2) is 35.4 Å². The van der Waals surface area contributed by atoms with Crippen molar-refractivity contribution in [1.29, 1.82) is 0 Å². The molecule has 1 aliphatic heterocycles. The number of anilines is 1. The minimum Gasteiger partial charge on any atom is -0.505 e. The Hall–Kier alpha value is -2.80. The van der Waals surface area contributed by atoms with Gasteiger partial charge in [-0.05, 0) is 53.4 Å². The summed E-state index contributed by atoms with van der Waals surface area (Å²) in [6, 6.07) is 7.25. The Morgan fingerprint density at radius 1 is 1.30 bits per heavy atom. The number of hydrogen-bond acceptors (Lipinski definition) is 6. The monoisotopic (exact) mass is 383 g/mol. The zero-order valence-electron chi connectivity index (χ0n) is 15.4. The Labute approximate surface area is 161 Å². The summed E-state index contributed by atoms with van der Waals surface area (Å²) in [6.45, 7) is 6.17. The first-order valence-corrected chi connectivity index (χ1v) is 9.37. The van der Waals surface area contributed by atoms with Crippen LogP contribution in [0.25, 0.3) is 17.3 Å². The molecule has 0 bridgehead atoms. The van der Waals surface area contributed by atoms with Gasteiger partial charge in [0.1, 0.15) is 5.75 Å². The Bertz CT molecular complexity index is 950. The van der Waals surface area contributed by atoms with Gasteiger partial charge >= 0.3 is 0 Å². The highest BCUT2D eigenvalue weighted by Crippen LogP contribution is 2.40. The molecule has 140 valence electrons. The van der Waals surface area contributed by atoms with E-state index in [1.807, 2.05) is 18.2 Å². The third-order valence-electron chi connectivity index (χ3n) is 4.77. The van der Waals surface area contributed by atoms with Gasteiger partial charge in [-0.25, -0.2) is 0 Å². The van der Waals surface area contributed by atoms with Crippen LogP contribution in [0.5, 0.6) is 5.75 Å². The molecule has 1 aromatic heterocycles. The van der Waals surface area contributed by atoms with Crippen molar-refractivity contribution in [3.63, 3.8) is 0 Å². The molecule has 1 aliphatic rings. The van der Waals surface area contributed by atoms with Crippen molar-refractivity contribution in [1.82, 2.24) is 10.3 Å². The molecule has 4 N–H and O–H groups in total. The third-order valence-corrected chi connectivity index (χ3v) is 5.58. The highest BCUT2D eigenvalue weighted by Gasteiger charge is 2.25. The molecule has 3 rings (SSSR count). The highest BCUT2D eigenvalue weighted by molar-refractivity contribution is 8.18. The smallest absolute Gasteiger partial charge is 0.290 e. The molecule has 0 radical (unpaired) electrons. The fourth-order valence-corrected chi connectivity index (χ4v) is 3.43. The summed E-state index contributed by atoms with van der Waals surface area (Å²) in [5.74, 6) is -0.285. The number of nitrogens with two attached hydrogens (primary N) is 1. The number of rotatable bonds is 4. The predicted octanol–water partition coefficient (Wildman–Crippen LogP) is 4.05. The van der Waals surface area contributed by atoms with Crippen LogP contribution >= 0.6 is 11.8 Å². The number of phenols is 1. The van der Waals surface area contributed by atoms with Gasteiger partial charge in [0.15, 0.2) is 0 Å². The van der Waals surface area contributed by atoms with E-state index in [1.54, 1.807) is 18.3 Å². The van der Waals surface area contributed by atoms with Crippen LogP contribution in [0.2, 0.25) is 0 Å². The first kappa shape index (κ1) is 19.0. The van der Waals surface area contributed by atoms with Crippen LogP contribution in [0.3, 0.4) is 0 Å². The summed E-state index contributed by atoms with van der Waals surface area (Å²) in [4.78, 5) is 27.7. The van der Waals surface area contributed by atoms with Gasteiger partial charge in [-0.1, -0.05) is 26.8 Å². The van der Waals surface area contributed by atoms with Gasteiger partial charge in [0.25, 0.3) is 11.1 Å². The predicted molar refractivity (Wildman–Crippen MR) is 108 cm³/mol. The Kier molecular flexibility index (Phi) is 4.97. The van der Waals surface area contributed by atoms with Crippen molar-refractivity contribution >= 4 is 34.7 Å². The lowest BCUT2D eigenvalue weighted by Crippen LogP contribution is -2.17. The van der Waals surface area contributed by atoms with Gasteiger partial charge < -0.3 is 10.8 Å². The van der Waals surface area contributed by atoms with Crippen molar-refractivity contribution < 1.29 is 14.7 Å². The van der Waals surface area contributed by atoms with Crippen molar-refractivity contribution in [2.45, 2.75) is 32.6 Å². The maximum atomic E-state index is 11.6. The molecule has 1 saturated heterocycles. The van der Waals surface area contributed by atoms with E-state index in [0.717, 1.165) is 29.3 Å². The minimum absolute atomic E-state index is 0.112. The lowest BCUT2D eigenvalue weighted by molar-refractivity contribution is -0.115. The first-order valence-electron chi connectivity index (χ1n) is 8.55. The Morgan fingerprint density at radius 3 is 2.59 bits per heavy atom. The molecule has 1 fully saturated rings. The normalized spacial score (nSPS) is 16.0. The van der Waals surface area contributed by atoms with E-state index in [9.17, 15) is 14.7 Å². The van der Waals surface area contributed by atoms with Crippen LogP contribution < -0.4 is 11.1 Å². The van der Waals surface area contributed by atoms with Gasteiger partial charge in [0, 0.05) is 17.3 Å². The van der Waals surface area contributed by atoms with E-state index in [-0.39, 0.29) is 16.4 Å². The molecule has 2 amide bonds. The zero-order chi connectivity index (χ0) is 19.8. The van der Waals surface area contributed by atoms with Gasteiger partial charge in [0.05, 0.1) is 16.3 Å². The molecule has 0 aliphatic carbocycles. The van der Waals surface area contributed by atoms with E-state index in [2.05, 4.69) is 31.1 Å². The molecule has 6 nitrogen and oxygen atoms in total. The number of benzene rings is 1. The van der Waals surface area contributed by atoms with Gasteiger partial charge in [-0.3, -0.25) is 19.9 Å². The average Bonchev–Trinajstić information content (AvgIpc) is 2.94. The number of nitrogen functional groups attached to an aromatic ring is 1. The fourth-order valence-electron chi connectivity index (χ4n) is 2.75. The number of phenolic OH excluding ortho intramolecular Hbond substituents is 1. The summed E-state index contributed by atoms with van der Waals surface area (Å²) in [7, 11) is 0. The number of amides is 2.